The van der Waals surface area contributed by atoms with Crippen LogP contribution < -0.4 is 21.0 Å². The molecule has 2 saturated heterocycles. The van der Waals surface area contributed by atoms with Crippen molar-refractivity contribution in [2.75, 3.05) is 18.0 Å². The van der Waals surface area contributed by atoms with Gasteiger partial charge in [-0.25, -0.2) is 14.8 Å². The monoisotopic (exact) mass is 503 g/mol. The van der Waals surface area contributed by atoms with Crippen molar-refractivity contribution < 1.29 is 23.6 Å². The normalized spacial score (nSPS) is 20.8. The molecule has 10 nitrogen and oxygen atoms in total. The molecule has 2 fully saturated rings. The van der Waals surface area contributed by atoms with Gasteiger partial charge in [-0.3, -0.25) is 4.79 Å². The van der Waals surface area contributed by atoms with Gasteiger partial charge in [-0.1, -0.05) is 13.8 Å². The molecular weight excluding hydrogens is 461 g/mol. The minimum Gasteiger partial charge on any atom is -0.444 e. The van der Waals surface area contributed by atoms with E-state index in [4.69, 9.17) is 14.0 Å². The van der Waals surface area contributed by atoms with Crippen LogP contribution in [0.25, 0.3) is 0 Å². The quantitative estimate of drug-likeness (QED) is 0.569. The third kappa shape index (κ3) is 6.88. The molecule has 1 atom stereocenters. The number of hydrogen-bond donors (Lipinski definition) is 2. The van der Waals surface area contributed by atoms with Crippen LogP contribution in [0.4, 0.5) is 10.7 Å². The molecule has 2 amide bonds. The first kappa shape index (κ1) is 28.2. The van der Waals surface area contributed by atoms with Crippen LogP contribution in [-0.2, 0) is 18.8 Å². The Bertz CT molecular complexity index is 908. The van der Waals surface area contributed by atoms with Crippen molar-refractivity contribution in [2.24, 2.45) is 5.92 Å². The van der Waals surface area contributed by atoms with Crippen LogP contribution in [0.3, 0.4) is 0 Å². The van der Waals surface area contributed by atoms with Crippen LogP contribution in [0.5, 0.6) is 0 Å². The second-order valence-electron chi connectivity index (χ2n) is 12.0. The van der Waals surface area contributed by atoms with Gasteiger partial charge in [0.1, 0.15) is 11.6 Å². The summed E-state index contributed by atoms with van der Waals surface area (Å²) in [5.41, 5.74) is -0.671. The van der Waals surface area contributed by atoms with Gasteiger partial charge in [0, 0.05) is 37.0 Å². The van der Waals surface area contributed by atoms with Crippen molar-refractivity contribution in [1.82, 2.24) is 20.6 Å². The average molecular weight is 503 g/mol. The Balaban J connectivity index is 1.51. The number of nitrogens with one attached hydrogen (secondary N) is 2. The predicted octanol–water partition coefficient (Wildman–Crippen LogP) is 2.41. The van der Waals surface area contributed by atoms with Gasteiger partial charge >= 0.3 is 13.2 Å². The molecule has 0 radical (unpaired) electrons. The molecule has 3 rings (SSSR count). The van der Waals surface area contributed by atoms with Crippen LogP contribution in [0.2, 0.25) is 0 Å². The summed E-state index contributed by atoms with van der Waals surface area (Å²) in [7, 11) is -0.492. The number of carbonyl (C=O) groups is 2. The summed E-state index contributed by atoms with van der Waals surface area (Å²) < 4.78 is 17.5. The number of nitrogens with zero attached hydrogens (tertiary/aromatic N) is 3. The molecule has 0 bridgehead atoms. The van der Waals surface area contributed by atoms with Gasteiger partial charge in [0.2, 0.25) is 11.9 Å². The van der Waals surface area contributed by atoms with Crippen LogP contribution >= 0.6 is 0 Å². The maximum Gasteiger partial charge on any atom is 0.498 e. The Hall–Kier alpha value is -2.40. The number of piperidine rings is 1. The van der Waals surface area contributed by atoms with Crippen LogP contribution in [-0.4, -0.2) is 71.1 Å². The molecule has 0 aromatic carbocycles. The molecule has 36 heavy (non-hydrogen) atoms. The van der Waals surface area contributed by atoms with Crippen molar-refractivity contribution in [3.05, 3.63) is 12.4 Å². The van der Waals surface area contributed by atoms with E-state index in [0.717, 1.165) is 18.3 Å². The standard InChI is InChI=1S/C25H42BN5O5/c1-16(2)19(30-22(33)34-23(3,4)5)20(32)29-18-10-12-31(13-11-18)21-27-14-17(15-28-21)26-35-24(6,7)25(8,9)36-26/h14-16,18-19H,10-13H2,1-9H3,(H,29,32)(H,30,33)/t19-/m1/s1. The van der Waals surface area contributed by atoms with E-state index in [0.29, 0.717) is 19.0 Å². The van der Waals surface area contributed by atoms with Gasteiger partial charge in [0.15, 0.2) is 0 Å². The highest BCUT2D eigenvalue weighted by atomic mass is 16.7. The van der Waals surface area contributed by atoms with Gasteiger partial charge < -0.3 is 29.6 Å². The number of amides is 2. The SMILES string of the molecule is CC(C)[C@@H](NC(=O)OC(C)(C)C)C(=O)NC1CCN(c2ncc(B3OC(C)(C)C(C)(C)O3)cn2)CC1. The van der Waals surface area contributed by atoms with Crippen LogP contribution in [0.1, 0.15) is 75.2 Å². The van der Waals surface area contributed by atoms with E-state index in [2.05, 4.69) is 25.5 Å². The molecule has 0 unspecified atom stereocenters. The van der Waals surface area contributed by atoms with E-state index in [1.165, 1.54) is 0 Å². The highest BCUT2D eigenvalue weighted by Gasteiger charge is 2.52. The Morgan fingerprint density at radius 2 is 1.61 bits per heavy atom. The minimum absolute atomic E-state index is 0.0134. The van der Waals surface area contributed by atoms with E-state index in [-0.39, 0.29) is 17.9 Å². The molecule has 1 aromatic rings. The Kier molecular flexibility index (Phi) is 8.25. The van der Waals surface area contributed by atoms with Crippen molar-refractivity contribution in [1.29, 1.82) is 0 Å². The summed E-state index contributed by atoms with van der Waals surface area (Å²) in [6.45, 7) is 18.7. The Morgan fingerprint density at radius 3 is 2.08 bits per heavy atom. The zero-order valence-corrected chi connectivity index (χ0v) is 23.2. The largest absolute Gasteiger partial charge is 0.498 e. The Labute approximate surface area is 215 Å². The third-order valence-electron chi connectivity index (χ3n) is 6.93. The molecule has 200 valence electrons. The third-order valence-corrected chi connectivity index (χ3v) is 6.93. The Morgan fingerprint density at radius 1 is 1.08 bits per heavy atom. The average Bonchev–Trinajstić information content (AvgIpc) is 2.98. The maximum absolute atomic E-state index is 12.9. The fraction of sp³-hybridized carbons (Fsp3) is 0.760. The summed E-state index contributed by atoms with van der Waals surface area (Å²) in [5, 5.41) is 5.80. The molecule has 1 aromatic heterocycles. The lowest BCUT2D eigenvalue weighted by Crippen LogP contribution is -2.54. The predicted molar refractivity (Wildman–Crippen MR) is 139 cm³/mol. The highest BCUT2D eigenvalue weighted by Crippen LogP contribution is 2.36. The topological polar surface area (TPSA) is 115 Å². The number of ether oxygens (including phenoxy) is 1. The van der Waals surface area contributed by atoms with Crippen molar-refractivity contribution in [3.8, 4) is 0 Å². The number of anilines is 1. The lowest BCUT2D eigenvalue weighted by molar-refractivity contribution is -0.125. The van der Waals surface area contributed by atoms with E-state index in [9.17, 15) is 9.59 Å². The summed E-state index contributed by atoms with van der Waals surface area (Å²) >= 11 is 0. The van der Waals surface area contributed by atoms with Crippen molar-refractivity contribution >= 4 is 30.5 Å². The summed E-state index contributed by atoms with van der Waals surface area (Å²) in [6, 6.07) is -0.650. The first-order valence-electron chi connectivity index (χ1n) is 12.8. The van der Waals surface area contributed by atoms with E-state index < -0.39 is 36.1 Å². The molecule has 3 heterocycles. The van der Waals surface area contributed by atoms with Gasteiger partial charge in [0.25, 0.3) is 0 Å². The molecule has 0 saturated carbocycles. The molecule has 2 aliphatic heterocycles. The first-order chi connectivity index (χ1) is 16.6. The van der Waals surface area contributed by atoms with Gasteiger partial charge in [-0.05, 0) is 67.2 Å². The zero-order valence-electron chi connectivity index (χ0n) is 23.2. The van der Waals surface area contributed by atoms with Gasteiger partial charge in [-0.15, -0.1) is 0 Å². The van der Waals surface area contributed by atoms with Crippen molar-refractivity contribution in [2.45, 2.75) is 104 Å². The second kappa shape index (κ2) is 10.5. The molecule has 0 spiro atoms. The highest BCUT2D eigenvalue weighted by molar-refractivity contribution is 6.61. The molecule has 2 aliphatic rings. The number of alkyl carbamates (subject to hydrolysis) is 1. The van der Waals surface area contributed by atoms with Gasteiger partial charge in [0.05, 0.1) is 11.2 Å². The van der Waals surface area contributed by atoms with Gasteiger partial charge in [-0.2, -0.15) is 0 Å². The summed E-state index contributed by atoms with van der Waals surface area (Å²) in [4.78, 5) is 36.3. The lowest BCUT2D eigenvalue weighted by atomic mass is 9.81. The number of carbonyl (C=O) groups excluding carboxylic acids is 2. The minimum atomic E-state index is -0.663. The fourth-order valence-corrected chi connectivity index (χ4v) is 4.08. The number of rotatable bonds is 6. The smallest absolute Gasteiger partial charge is 0.444 e. The van der Waals surface area contributed by atoms with E-state index in [1.54, 1.807) is 33.2 Å². The van der Waals surface area contributed by atoms with Crippen LogP contribution in [0, 0.1) is 5.92 Å². The number of hydrogen-bond acceptors (Lipinski definition) is 8. The molecule has 2 N–H and O–H groups in total. The molecular formula is C25H42BN5O5. The lowest BCUT2D eigenvalue weighted by Gasteiger charge is -2.33. The second-order valence-corrected chi connectivity index (χ2v) is 12.0. The van der Waals surface area contributed by atoms with Crippen LogP contribution in [0.15, 0.2) is 12.4 Å². The first-order valence-corrected chi connectivity index (χ1v) is 12.8. The fourth-order valence-electron chi connectivity index (χ4n) is 4.08. The van der Waals surface area contributed by atoms with E-state index in [1.807, 2.05) is 41.5 Å². The summed E-state index contributed by atoms with van der Waals surface area (Å²) in [5.74, 6) is 0.373. The maximum atomic E-state index is 12.9. The molecule has 0 aliphatic carbocycles. The molecule has 11 heteroatoms. The summed E-state index contributed by atoms with van der Waals surface area (Å²) in [6.07, 6.45) is 4.44. The van der Waals surface area contributed by atoms with Crippen molar-refractivity contribution in [3.63, 3.8) is 0 Å². The van der Waals surface area contributed by atoms with E-state index >= 15 is 0 Å². The number of aromatic nitrogens is 2. The zero-order chi connectivity index (χ0) is 26.9.